The van der Waals surface area contributed by atoms with Gasteiger partial charge in [0.2, 0.25) is 0 Å². The Morgan fingerprint density at radius 1 is 1.06 bits per heavy atom. The summed E-state index contributed by atoms with van der Waals surface area (Å²) in [6.45, 7) is 21.0. The van der Waals surface area contributed by atoms with Crippen LogP contribution < -0.4 is 0 Å². The van der Waals surface area contributed by atoms with Crippen molar-refractivity contribution in [2.45, 2.75) is 73.4 Å². The second-order valence-corrected chi connectivity index (χ2v) is 8.46. The third-order valence-electron chi connectivity index (χ3n) is 5.55. The van der Waals surface area contributed by atoms with Crippen LogP contribution in [0.1, 0.15) is 62.3 Å². The lowest BCUT2D eigenvalue weighted by Crippen LogP contribution is -2.59. The Hall–Kier alpha value is -0.343. The fourth-order valence-electron chi connectivity index (χ4n) is 3.16. The van der Waals surface area contributed by atoms with E-state index in [1.54, 1.807) is 0 Å². The predicted molar refractivity (Wildman–Crippen MR) is 85.8 cm³/mol. The smallest absolute Gasteiger partial charge is 0.0798 e. The van der Waals surface area contributed by atoms with E-state index in [4.69, 9.17) is 0 Å². The maximum Gasteiger partial charge on any atom is 0.0798 e. The largest absolute Gasteiger partial charge is 0.322 e. The molecule has 0 spiro atoms. The predicted octanol–water partition coefficient (Wildman–Crippen LogP) is 3.45. The molecule has 1 rings (SSSR count). The normalized spacial score (nSPS) is 26.2. The molecule has 0 aromatic carbocycles. The molecule has 1 atom stereocenters. The molecule has 0 fully saturated rings. The van der Waals surface area contributed by atoms with E-state index in [1.165, 1.54) is 16.7 Å². The van der Waals surface area contributed by atoms with E-state index in [9.17, 15) is 0 Å². The van der Waals surface area contributed by atoms with Crippen molar-refractivity contribution in [1.29, 1.82) is 0 Å². The first-order valence-electron chi connectivity index (χ1n) is 6.97. The topological polar surface area (TPSA) is 3.24 Å². The molecule has 18 heavy (non-hydrogen) atoms. The fourth-order valence-corrected chi connectivity index (χ4v) is 3.62. The zero-order valence-corrected chi connectivity index (χ0v) is 16.0. The van der Waals surface area contributed by atoms with Crippen LogP contribution in [0.5, 0.6) is 0 Å². The Morgan fingerprint density at radius 2 is 1.50 bits per heavy atom. The van der Waals surface area contributed by atoms with Gasteiger partial charge in [-0.1, -0.05) is 24.1 Å². The van der Waals surface area contributed by atoms with Crippen LogP contribution >= 0.6 is 0 Å². The Labute approximate surface area is 117 Å². The van der Waals surface area contributed by atoms with E-state index in [0.29, 0.717) is 0 Å². The molecule has 104 valence electrons. The summed E-state index contributed by atoms with van der Waals surface area (Å²) in [5.74, 6) is 0. The summed E-state index contributed by atoms with van der Waals surface area (Å²) >= 11 is 0. The summed E-state index contributed by atoms with van der Waals surface area (Å²) in [4.78, 5) is 0. The Balaban J connectivity index is 3.30. The van der Waals surface area contributed by atoms with Crippen LogP contribution in [0.4, 0.5) is 0 Å². The standard InChI is InChI=1S/C16H31NSi/c1-11-10-16(9,13(3)12(11)2)15(7,8)17(18)14(4,5)6/h10H,1-9,18H3. The summed E-state index contributed by atoms with van der Waals surface area (Å²) < 4.78 is 2.64. The zero-order valence-electron chi connectivity index (χ0n) is 14.0. The summed E-state index contributed by atoms with van der Waals surface area (Å²) in [6.07, 6.45) is 2.48. The fraction of sp³-hybridized carbons (Fsp3) is 0.750. The van der Waals surface area contributed by atoms with Crippen LogP contribution in [0.25, 0.3) is 0 Å². The first kappa shape index (κ1) is 15.7. The van der Waals surface area contributed by atoms with E-state index >= 15 is 0 Å². The van der Waals surface area contributed by atoms with Gasteiger partial charge in [-0.05, 0) is 61.0 Å². The molecule has 0 heterocycles. The molecule has 1 aliphatic carbocycles. The molecule has 0 aromatic heterocycles. The lowest BCUT2D eigenvalue weighted by atomic mass is 9.68. The second kappa shape index (κ2) is 4.34. The van der Waals surface area contributed by atoms with Crippen LogP contribution in [-0.4, -0.2) is 26.0 Å². The van der Waals surface area contributed by atoms with Crippen molar-refractivity contribution in [2.24, 2.45) is 5.41 Å². The van der Waals surface area contributed by atoms with Crippen molar-refractivity contribution in [3.63, 3.8) is 0 Å². The van der Waals surface area contributed by atoms with Crippen LogP contribution in [0.2, 0.25) is 0 Å². The minimum absolute atomic E-state index is 0.149. The monoisotopic (exact) mass is 265 g/mol. The summed E-state index contributed by atoms with van der Waals surface area (Å²) in [7, 11) is 1.08. The molecule has 0 radical (unpaired) electrons. The van der Waals surface area contributed by atoms with Crippen molar-refractivity contribution in [3.05, 3.63) is 22.8 Å². The van der Waals surface area contributed by atoms with Gasteiger partial charge in [-0.2, -0.15) is 0 Å². The molecular formula is C16H31NSi. The van der Waals surface area contributed by atoms with Gasteiger partial charge in [0, 0.05) is 16.5 Å². The molecule has 0 aromatic rings. The first-order valence-corrected chi connectivity index (χ1v) is 7.87. The van der Waals surface area contributed by atoms with Gasteiger partial charge >= 0.3 is 0 Å². The first-order chi connectivity index (χ1) is 7.85. The number of hydrogen-bond acceptors (Lipinski definition) is 1. The van der Waals surface area contributed by atoms with Gasteiger partial charge in [0.25, 0.3) is 0 Å². The van der Waals surface area contributed by atoms with Gasteiger partial charge < -0.3 is 4.57 Å². The lowest BCUT2D eigenvalue weighted by Gasteiger charge is -2.53. The minimum atomic E-state index is 0.149. The molecule has 0 amide bonds. The SMILES string of the molecule is CC1=CC(C)(C(C)(C)N([SiH3])C(C)(C)C)C(C)=C1C. The molecule has 0 saturated heterocycles. The number of hydrogen-bond donors (Lipinski definition) is 0. The summed E-state index contributed by atoms with van der Waals surface area (Å²) in [6, 6.07) is 0. The average molecular weight is 266 g/mol. The van der Waals surface area contributed by atoms with E-state index in [0.717, 1.165) is 10.4 Å². The molecular weight excluding hydrogens is 234 g/mol. The van der Waals surface area contributed by atoms with Crippen LogP contribution in [0, 0.1) is 5.41 Å². The third kappa shape index (κ3) is 2.14. The van der Waals surface area contributed by atoms with Crippen LogP contribution in [0.15, 0.2) is 22.8 Å². The van der Waals surface area contributed by atoms with Gasteiger partial charge in [-0.25, -0.2) is 0 Å². The van der Waals surface area contributed by atoms with Crippen molar-refractivity contribution in [2.75, 3.05) is 0 Å². The molecule has 1 unspecified atom stereocenters. The van der Waals surface area contributed by atoms with E-state index in [-0.39, 0.29) is 16.5 Å². The van der Waals surface area contributed by atoms with E-state index < -0.39 is 0 Å². The molecule has 0 bridgehead atoms. The highest BCUT2D eigenvalue weighted by molar-refractivity contribution is 6.05. The van der Waals surface area contributed by atoms with Gasteiger partial charge in [-0.15, -0.1) is 0 Å². The minimum Gasteiger partial charge on any atom is -0.322 e. The Bertz CT molecular complexity index is 409. The van der Waals surface area contributed by atoms with Gasteiger partial charge in [0.1, 0.15) is 0 Å². The number of rotatable bonds is 2. The van der Waals surface area contributed by atoms with Crippen molar-refractivity contribution in [1.82, 2.24) is 4.57 Å². The van der Waals surface area contributed by atoms with E-state index in [2.05, 4.69) is 73.0 Å². The van der Waals surface area contributed by atoms with Crippen LogP contribution in [-0.2, 0) is 0 Å². The van der Waals surface area contributed by atoms with Gasteiger partial charge in [-0.3, -0.25) is 0 Å². The highest BCUT2D eigenvalue weighted by Crippen LogP contribution is 2.50. The maximum absolute atomic E-state index is 2.64. The average Bonchev–Trinajstić information content (AvgIpc) is 2.41. The molecule has 2 heteroatoms. The Kier molecular flexibility index (Phi) is 3.79. The van der Waals surface area contributed by atoms with E-state index in [1.807, 2.05) is 0 Å². The maximum atomic E-state index is 2.64. The molecule has 0 aliphatic heterocycles. The molecule has 1 aliphatic rings. The van der Waals surface area contributed by atoms with Gasteiger partial charge in [0.15, 0.2) is 0 Å². The van der Waals surface area contributed by atoms with Crippen molar-refractivity contribution in [3.8, 4) is 0 Å². The third-order valence-corrected chi connectivity index (χ3v) is 8.01. The quantitative estimate of drug-likeness (QED) is 0.691. The molecule has 0 saturated carbocycles. The summed E-state index contributed by atoms with van der Waals surface area (Å²) in [5, 5.41) is 0. The van der Waals surface area contributed by atoms with Gasteiger partial charge in [0.05, 0.1) is 10.4 Å². The highest BCUT2D eigenvalue weighted by atomic mass is 28.2. The van der Waals surface area contributed by atoms with Crippen molar-refractivity contribution < 1.29 is 0 Å². The molecule has 0 N–H and O–H groups in total. The van der Waals surface area contributed by atoms with Crippen molar-refractivity contribution >= 4 is 10.4 Å². The Morgan fingerprint density at radius 3 is 1.78 bits per heavy atom. The summed E-state index contributed by atoms with van der Waals surface area (Å²) in [5.41, 5.74) is 5.00. The molecule has 1 nitrogen and oxygen atoms in total. The highest BCUT2D eigenvalue weighted by Gasteiger charge is 2.48. The van der Waals surface area contributed by atoms with Crippen LogP contribution in [0.3, 0.4) is 0 Å². The second-order valence-electron chi connectivity index (χ2n) is 7.57. The zero-order chi connectivity index (χ0) is 14.5. The lowest BCUT2D eigenvalue weighted by molar-refractivity contribution is 0.0609. The number of allylic oxidation sites excluding steroid dienone is 2. The number of nitrogens with zero attached hydrogens (tertiary/aromatic N) is 1.